The highest BCUT2D eigenvalue weighted by molar-refractivity contribution is 5.94. The highest BCUT2D eigenvalue weighted by atomic mass is 16.5. The molecular weight excluding hydrogens is 238 g/mol. The Morgan fingerprint density at radius 1 is 1.61 bits per heavy atom. The minimum atomic E-state index is -1.09. The van der Waals surface area contributed by atoms with E-state index in [9.17, 15) is 4.79 Å². The number of carboxylic acids is 1. The molecule has 4 N–H and O–H groups in total. The van der Waals surface area contributed by atoms with Gasteiger partial charge in [0, 0.05) is 0 Å². The van der Waals surface area contributed by atoms with Crippen LogP contribution in [0.3, 0.4) is 0 Å². The van der Waals surface area contributed by atoms with E-state index < -0.39 is 5.97 Å². The van der Waals surface area contributed by atoms with Crippen molar-refractivity contribution in [3.8, 4) is 0 Å². The molecule has 0 atom stereocenters. The number of hydrogen-bond acceptors (Lipinski definition) is 7. The summed E-state index contributed by atoms with van der Waals surface area (Å²) in [6, 6.07) is 1.28. The van der Waals surface area contributed by atoms with Gasteiger partial charge in [0.25, 0.3) is 0 Å². The van der Waals surface area contributed by atoms with E-state index in [1.165, 1.54) is 12.3 Å². The molecule has 0 aliphatic heterocycles. The van der Waals surface area contributed by atoms with Crippen LogP contribution < -0.4 is 11.1 Å². The monoisotopic (exact) mass is 249 g/mol. The molecular formula is C10H11N5O3. The highest BCUT2D eigenvalue weighted by Gasteiger charge is 2.12. The maximum absolute atomic E-state index is 11.0. The van der Waals surface area contributed by atoms with Crippen molar-refractivity contribution in [2.75, 3.05) is 11.1 Å². The minimum absolute atomic E-state index is 0.0405. The van der Waals surface area contributed by atoms with Gasteiger partial charge in [-0.05, 0) is 13.0 Å². The standard InChI is InChI=1S/C10H11N5O3/c1-5-14-9(18-15-5)4-12-7-3-13-8(11)2-6(7)10(16)17/h2-3,12H,4H2,1H3,(H2,11,13)(H,16,17). The van der Waals surface area contributed by atoms with Gasteiger partial charge in [-0.3, -0.25) is 0 Å². The van der Waals surface area contributed by atoms with Crippen LogP contribution in [0, 0.1) is 6.92 Å². The van der Waals surface area contributed by atoms with Crippen LogP contribution in [0.15, 0.2) is 16.8 Å². The fourth-order valence-corrected chi connectivity index (χ4v) is 1.37. The first-order chi connectivity index (χ1) is 8.56. The molecule has 2 aromatic rings. The lowest BCUT2D eigenvalue weighted by Crippen LogP contribution is -2.08. The van der Waals surface area contributed by atoms with Crippen LogP contribution in [0.2, 0.25) is 0 Å². The number of hydrogen-bond donors (Lipinski definition) is 3. The quantitative estimate of drug-likeness (QED) is 0.721. The van der Waals surface area contributed by atoms with Gasteiger partial charge in [-0.2, -0.15) is 4.98 Å². The summed E-state index contributed by atoms with van der Waals surface area (Å²) in [4.78, 5) is 18.8. The van der Waals surface area contributed by atoms with Gasteiger partial charge in [-0.15, -0.1) is 0 Å². The van der Waals surface area contributed by atoms with Crippen LogP contribution in [0.5, 0.6) is 0 Å². The van der Waals surface area contributed by atoms with E-state index in [4.69, 9.17) is 15.4 Å². The lowest BCUT2D eigenvalue weighted by atomic mass is 10.2. The molecule has 2 rings (SSSR count). The summed E-state index contributed by atoms with van der Waals surface area (Å²) in [5.74, 6) is -0.0683. The highest BCUT2D eigenvalue weighted by Crippen LogP contribution is 2.17. The van der Waals surface area contributed by atoms with Crippen molar-refractivity contribution in [3.63, 3.8) is 0 Å². The van der Waals surface area contributed by atoms with Gasteiger partial charge >= 0.3 is 5.97 Å². The summed E-state index contributed by atoms with van der Waals surface area (Å²) in [5.41, 5.74) is 5.81. The predicted molar refractivity (Wildman–Crippen MR) is 62.0 cm³/mol. The van der Waals surface area contributed by atoms with Crippen molar-refractivity contribution in [1.82, 2.24) is 15.1 Å². The number of nitrogen functional groups attached to an aromatic ring is 1. The summed E-state index contributed by atoms with van der Waals surface area (Å²) in [5, 5.41) is 15.5. The second-order valence-electron chi connectivity index (χ2n) is 3.55. The summed E-state index contributed by atoms with van der Waals surface area (Å²) in [6.45, 7) is 1.91. The van der Waals surface area contributed by atoms with Crippen LogP contribution >= 0.6 is 0 Å². The molecule has 0 aliphatic rings. The molecule has 0 saturated carbocycles. The van der Waals surface area contributed by atoms with Crippen molar-refractivity contribution in [3.05, 3.63) is 29.5 Å². The third-order valence-corrected chi connectivity index (χ3v) is 2.16. The summed E-state index contributed by atoms with van der Waals surface area (Å²) >= 11 is 0. The predicted octanol–water partition coefficient (Wildman–Crippen LogP) is 0.666. The molecule has 0 bridgehead atoms. The fraction of sp³-hybridized carbons (Fsp3) is 0.200. The van der Waals surface area contributed by atoms with Gasteiger partial charge in [0.05, 0.1) is 24.0 Å². The Labute approximate surface area is 102 Å². The topological polar surface area (TPSA) is 127 Å². The van der Waals surface area contributed by atoms with Gasteiger partial charge in [0.1, 0.15) is 5.82 Å². The van der Waals surface area contributed by atoms with E-state index in [2.05, 4.69) is 20.4 Å². The van der Waals surface area contributed by atoms with Crippen LogP contribution in [-0.2, 0) is 6.54 Å². The van der Waals surface area contributed by atoms with Gasteiger partial charge in [-0.1, -0.05) is 5.16 Å². The zero-order chi connectivity index (χ0) is 13.1. The van der Waals surface area contributed by atoms with Gasteiger partial charge in [-0.25, -0.2) is 9.78 Å². The Morgan fingerprint density at radius 3 is 3.00 bits per heavy atom. The van der Waals surface area contributed by atoms with Gasteiger partial charge in [0.15, 0.2) is 5.82 Å². The average Bonchev–Trinajstić information content (AvgIpc) is 2.73. The molecule has 0 aliphatic carbocycles. The number of pyridine rings is 1. The number of nitrogens with one attached hydrogen (secondary N) is 1. The number of aryl methyl sites for hydroxylation is 1. The second kappa shape index (κ2) is 4.70. The molecule has 0 unspecified atom stereocenters. The third-order valence-electron chi connectivity index (χ3n) is 2.16. The second-order valence-corrected chi connectivity index (χ2v) is 3.55. The molecule has 0 fully saturated rings. The number of aromatic carboxylic acids is 1. The molecule has 2 aromatic heterocycles. The first kappa shape index (κ1) is 11.8. The normalized spacial score (nSPS) is 10.3. The summed E-state index contributed by atoms with van der Waals surface area (Å²) < 4.78 is 4.89. The van der Waals surface area contributed by atoms with Crippen molar-refractivity contribution in [2.45, 2.75) is 13.5 Å². The number of nitrogens with two attached hydrogens (primary N) is 1. The van der Waals surface area contributed by atoms with Crippen LogP contribution in [0.4, 0.5) is 11.5 Å². The molecule has 8 heteroatoms. The molecule has 2 heterocycles. The lowest BCUT2D eigenvalue weighted by Gasteiger charge is -2.07. The van der Waals surface area contributed by atoms with Crippen LogP contribution in [-0.4, -0.2) is 26.2 Å². The Morgan fingerprint density at radius 2 is 2.39 bits per heavy atom. The van der Waals surface area contributed by atoms with Crippen molar-refractivity contribution >= 4 is 17.5 Å². The molecule has 0 radical (unpaired) electrons. The summed E-state index contributed by atoms with van der Waals surface area (Å²) in [6.07, 6.45) is 1.35. The molecule has 18 heavy (non-hydrogen) atoms. The maximum Gasteiger partial charge on any atom is 0.337 e. The Hall–Kier alpha value is -2.64. The molecule has 0 aromatic carbocycles. The number of carboxylic acid groups (broad SMARTS) is 1. The van der Waals surface area contributed by atoms with E-state index in [1.54, 1.807) is 6.92 Å². The largest absolute Gasteiger partial charge is 0.478 e. The summed E-state index contributed by atoms with van der Waals surface area (Å²) in [7, 11) is 0. The first-order valence-corrected chi connectivity index (χ1v) is 5.08. The average molecular weight is 249 g/mol. The number of nitrogens with zero attached hydrogens (tertiary/aromatic N) is 3. The van der Waals surface area contributed by atoms with Gasteiger partial charge in [0.2, 0.25) is 5.89 Å². The van der Waals surface area contributed by atoms with Gasteiger partial charge < -0.3 is 20.7 Å². The van der Waals surface area contributed by atoms with Crippen LogP contribution in [0.1, 0.15) is 22.1 Å². The van der Waals surface area contributed by atoms with E-state index in [1.807, 2.05) is 0 Å². The maximum atomic E-state index is 11.0. The number of anilines is 2. The van der Waals surface area contributed by atoms with E-state index >= 15 is 0 Å². The molecule has 0 amide bonds. The fourth-order valence-electron chi connectivity index (χ4n) is 1.37. The molecule has 0 saturated heterocycles. The molecule has 94 valence electrons. The number of rotatable bonds is 4. The SMILES string of the molecule is Cc1noc(CNc2cnc(N)cc2C(=O)O)n1. The van der Waals surface area contributed by atoms with E-state index in [-0.39, 0.29) is 17.9 Å². The third kappa shape index (κ3) is 2.54. The van der Waals surface area contributed by atoms with Crippen molar-refractivity contribution in [2.24, 2.45) is 0 Å². The Kier molecular flexibility index (Phi) is 3.09. The zero-order valence-corrected chi connectivity index (χ0v) is 9.54. The molecule has 0 spiro atoms. The van der Waals surface area contributed by atoms with E-state index in [0.717, 1.165) is 0 Å². The Balaban J connectivity index is 2.16. The number of carbonyl (C=O) groups is 1. The first-order valence-electron chi connectivity index (χ1n) is 5.08. The minimum Gasteiger partial charge on any atom is -0.478 e. The smallest absolute Gasteiger partial charge is 0.337 e. The van der Waals surface area contributed by atoms with Crippen molar-refractivity contribution < 1.29 is 14.4 Å². The van der Waals surface area contributed by atoms with Crippen molar-refractivity contribution in [1.29, 1.82) is 0 Å². The zero-order valence-electron chi connectivity index (χ0n) is 9.54. The lowest BCUT2D eigenvalue weighted by molar-refractivity contribution is 0.0698. The van der Waals surface area contributed by atoms with E-state index in [0.29, 0.717) is 17.4 Å². The van der Waals surface area contributed by atoms with Crippen LogP contribution in [0.25, 0.3) is 0 Å². The molecule has 8 nitrogen and oxygen atoms in total. The Bertz CT molecular complexity index is 581. The number of aromatic nitrogens is 3.